The van der Waals surface area contributed by atoms with Gasteiger partial charge in [0.2, 0.25) is 11.8 Å². The third kappa shape index (κ3) is 2.94. The van der Waals surface area contributed by atoms with Crippen molar-refractivity contribution >= 4 is 11.8 Å². The maximum Gasteiger partial charge on any atom is 0.226 e. The molecule has 2 amide bonds. The molecule has 1 N–H and O–H groups in total. The second kappa shape index (κ2) is 5.35. The lowest BCUT2D eigenvalue weighted by Crippen LogP contribution is -2.33. The van der Waals surface area contributed by atoms with Gasteiger partial charge in [-0.3, -0.25) is 9.59 Å². The summed E-state index contributed by atoms with van der Waals surface area (Å²) in [6, 6.07) is 1.84. The number of nitriles is 1. The number of carbonyl (C=O) groups is 2. The van der Waals surface area contributed by atoms with E-state index in [1.165, 1.54) is 0 Å². The quantitative estimate of drug-likeness (QED) is 0.656. The fraction of sp³-hybridized carbons (Fsp3) is 0.700. The van der Waals surface area contributed by atoms with E-state index in [0.717, 1.165) is 6.42 Å². The predicted octanol–water partition coefficient (Wildman–Crippen LogP) is -0.115. The fourth-order valence-electron chi connectivity index (χ4n) is 1.70. The van der Waals surface area contributed by atoms with Gasteiger partial charge in [0.1, 0.15) is 6.54 Å². The van der Waals surface area contributed by atoms with E-state index >= 15 is 0 Å². The molecule has 0 radical (unpaired) electrons. The lowest BCUT2D eigenvalue weighted by molar-refractivity contribution is -0.128. The molecule has 1 unspecified atom stereocenters. The Morgan fingerprint density at radius 3 is 3.07 bits per heavy atom. The van der Waals surface area contributed by atoms with Crippen LogP contribution in [-0.2, 0) is 9.59 Å². The smallest absolute Gasteiger partial charge is 0.226 e. The van der Waals surface area contributed by atoms with Crippen molar-refractivity contribution in [2.24, 2.45) is 5.92 Å². The van der Waals surface area contributed by atoms with Crippen LogP contribution in [-0.4, -0.2) is 36.3 Å². The van der Waals surface area contributed by atoms with Crippen molar-refractivity contribution in [3.63, 3.8) is 0 Å². The zero-order chi connectivity index (χ0) is 11.3. The van der Waals surface area contributed by atoms with Gasteiger partial charge in [0.15, 0.2) is 0 Å². The average Bonchev–Trinajstić information content (AvgIpc) is 2.58. The second-order valence-corrected chi connectivity index (χ2v) is 3.62. The highest BCUT2D eigenvalue weighted by atomic mass is 16.2. The third-order valence-corrected chi connectivity index (χ3v) is 2.42. The van der Waals surface area contributed by atoms with Crippen LogP contribution in [0.3, 0.4) is 0 Å². The zero-order valence-corrected chi connectivity index (χ0v) is 8.82. The van der Waals surface area contributed by atoms with Crippen LogP contribution >= 0.6 is 0 Å². The van der Waals surface area contributed by atoms with Crippen LogP contribution in [0.1, 0.15) is 19.8 Å². The second-order valence-electron chi connectivity index (χ2n) is 3.62. The summed E-state index contributed by atoms with van der Waals surface area (Å²) in [7, 11) is 0. The number of hydrogen-bond acceptors (Lipinski definition) is 3. The molecule has 0 aromatic heterocycles. The monoisotopic (exact) mass is 209 g/mol. The molecule has 82 valence electrons. The molecule has 0 aliphatic carbocycles. The SMILES string of the molecule is CCCN1CC(C(=O)NCC#N)CC1=O. The normalized spacial score (nSPS) is 20.1. The Morgan fingerprint density at radius 2 is 2.47 bits per heavy atom. The van der Waals surface area contributed by atoms with Gasteiger partial charge in [-0.05, 0) is 6.42 Å². The summed E-state index contributed by atoms with van der Waals surface area (Å²) in [4.78, 5) is 24.6. The molecule has 1 aliphatic heterocycles. The first-order chi connectivity index (χ1) is 7.19. The van der Waals surface area contributed by atoms with Gasteiger partial charge in [-0.2, -0.15) is 5.26 Å². The summed E-state index contributed by atoms with van der Waals surface area (Å²) in [6.45, 7) is 3.21. The Labute approximate surface area is 89.0 Å². The summed E-state index contributed by atoms with van der Waals surface area (Å²) in [5.41, 5.74) is 0. The Balaban J connectivity index is 2.44. The molecule has 1 rings (SSSR count). The van der Waals surface area contributed by atoms with Crippen molar-refractivity contribution < 1.29 is 9.59 Å². The minimum atomic E-state index is -0.280. The highest BCUT2D eigenvalue weighted by Crippen LogP contribution is 2.17. The van der Waals surface area contributed by atoms with Crippen molar-refractivity contribution in [2.45, 2.75) is 19.8 Å². The van der Waals surface area contributed by atoms with Gasteiger partial charge >= 0.3 is 0 Å². The first kappa shape index (κ1) is 11.5. The van der Waals surface area contributed by atoms with Gasteiger partial charge in [0, 0.05) is 19.5 Å². The summed E-state index contributed by atoms with van der Waals surface area (Å²) in [5, 5.41) is 10.8. The van der Waals surface area contributed by atoms with E-state index in [1.54, 1.807) is 4.90 Å². The summed E-state index contributed by atoms with van der Waals surface area (Å²) in [5.74, 6) is -0.435. The maximum absolute atomic E-state index is 11.5. The van der Waals surface area contributed by atoms with E-state index < -0.39 is 0 Å². The van der Waals surface area contributed by atoms with Crippen molar-refractivity contribution in [1.29, 1.82) is 5.26 Å². The number of nitrogens with zero attached hydrogens (tertiary/aromatic N) is 2. The molecule has 5 heteroatoms. The highest BCUT2D eigenvalue weighted by molar-refractivity contribution is 5.89. The molecule has 1 atom stereocenters. The van der Waals surface area contributed by atoms with Crippen LogP contribution in [0.4, 0.5) is 0 Å². The molecule has 0 aromatic rings. The maximum atomic E-state index is 11.5. The standard InChI is InChI=1S/C10H15N3O2/c1-2-5-13-7-8(6-9(13)14)10(15)12-4-3-11/h8H,2,4-7H2,1H3,(H,12,15). The molecule has 1 fully saturated rings. The third-order valence-electron chi connectivity index (χ3n) is 2.42. The van der Waals surface area contributed by atoms with Crippen LogP contribution in [0.5, 0.6) is 0 Å². The minimum Gasteiger partial charge on any atom is -0.343 e. The Hall–Kier alpha value is -1.57. The van der Waals surface area contributed by atoms with Crippen LogP contribution in [0, 0.1) is 17.2 Å². The number of rotatable bonds is 4. The van der Waals surface area contributed by atoms with Crippen LogP contribution in [0.15, 0.2) is 0 Å². The molecule has 15 heavy (non-hydrogen) atoms. The summed E-state index contributed by atoms with van der Waals surface area (Å²) in [6.07, 6.45) is 1.18. The van der Waals surface area contributed by atoms with E-state index in [4.69, 9.17) is 5.26 Å². The van der Waals surface area contributed by atoms with Crippen molar-refractivity contribution in [1.82, 2.24) is 10.2 Å². The van der Waals surface area contributed by atoms with Crippen molar-refractivity contribution in [3.05, 3.63) is 0 Å². The van der Waals surface area contributed by atoms with E-state index in [9.17, 15) is 9.59 Å². The molecule has 1 heterocycles. The van der Waals surface area contributed by atoms with Gasteiger partial charge in [-0.1, -0.05) is 6.92 Å². The molecule has 0 bridgehead atoms. The first-order valence-electron chi connectivity index (χ1n) is 5.11. The molecule has 1 aliphatic rings. The fourth-order valence-corrected chi connectivity index (χ4v) is 1.70. The van der Waals surface area contributed by atoms with E-state index in [-0.39, 0.29) is 30.7 Å². The summed E-state index contributed by atoms with van der Waals surface area (Å²) >= 11 is 0. The highest BCUT2D eigenvalue weighted by Gasteiger charge is 2.33. The molecule has 5 nitrogen and oxygen atoms in total. The number of likely N-dealkylation sites (tertiary alicyclic amines) is 1. The lowest BCUT2D eigenvalue weighted by Gasteiger charge is -2.14. The molecule has 0 aromatic carbocycles. The molecule has 0 saturated carbocycles. The van der Waals surface area contributed by atoms with E-state index in [0.29, 0.717) is 13.1 Å². The molecule has 1 saturated heterocycles. The van der Waals surface area contributed by atoms with Crippen LogP contribution in [0.2, 0.25) is 0 Å². The van der Waals surface area contributed by atoms with Gasteiger partial charge < -0.3 is 10.2 Å². The topological polar surface area (TPSA) is 73.2 Å². The molecule has 0 spiro atoms. The van der Waals surface area contributed by atoms with E-state index in [1.807, 2.05) is 13.0 Å². The van der Waals surface area contributed by atoms with E-state index in [2.05, 4.69) is 5.32 Å². The number of nitrogens with one attached hydrogen (secondary N) is 1. The largest absolute Gasteiger partial charge is 0.343 e. The Morgan fingerprint density at radius 1 is 1.73 bits per heavy atom. The lowest BCUT2D eigenvalue weighted by atomic mass is 10.1. The van der Waals surface area contributed by atoms with Gasteiger partial charge in [0.05, 0.1) is 12.0 Å². The zero-order valence-electron chi connectivity index (χ0n) is 8.82. The number of amides is 2. The number of carbonyl (C=O) groups excluding carboxylic acids is 2. The first-order valence-corrected chi connectivity index (χ1v) is 5.11. The molecular weight excluding hydrogens is 194 g/mol. The predicted molar refractivity (Wildman–Crippen MR) is 53.6 cm³/mol. The van der Waals surface area contributed by atoms with Gasteiger partial charge in [-0.15, -0.1) is 0 Å². The van der Waals surface area contributed by atoms with Gasteiger partial charge in [0.25, 0.3) is 0 Å². The minimum absolute atomic E-state index is 0.0112. The Bertz CT molecular complexity index is 296. The molecular formula is C10H15N3O2. The van der Waals surface area contributed by atoms with Crippen LogP contribution in [0.25, 0.3) is 0 Å². The van der Waals surface area contributed by atoms with Crippen molar-refractivity contribution in [2.75, 3.05) is 19.6 Å². The van der Waals surface area contributed by atoms with Gasteiger partial charge in [-0.25, -0.2) is 0 Å². The van der Waals surface area contributed by atoms with Crippen LogP contribution < -0.4 is 5.32 Å². The average molecular weight is 209 g/mol. The Kier molecular flexibility index (Phi) is 4.10. The number of hydrogen-bond donors (Lipinski definition) is 1. The van der Waals surface area contributed by atoms with Crippen molar-refractivity contribution in [3.8, 4) is 6.07 Å². The summed E-state index contributed by atoms with van der Waals surface area (Å²) < 4.78 is 0.